The summed E-state index contributed by atoms with van der Waals surface area (Å²) in [5.74, 6) is -1.11. The van der Waals surface area contributed by atoms with Crippen LogP contribution in [0, 0.1) is 5.41 Å². The maximum atomic E-state index is 9.63. The Kier molecular flexibility index (Phi) is 7.38. The number of fused-ring (bicyclic) bond motifs is 4. The number of imidazole rings is 1. The second-order valence-corrected chi connectivity index (χ2v) is 17.0. The summed E-state index contributed by atoms with van der Waals surface area (Å²) in [6, 6.07) is 28.7. The molecule has 8 rings (SSSR count). The van der Waals surface area contributed by atoms with Crippen LogP contribution in [0.2, 0.25) is 0 Å². The summed E-state index contributed by atoms with van der Waals surface area (Å²) < 4.78 is 64.2. The Balaban J connectivity index is 1.38. The number of benzene rings is 5. The summed E-state index contributed by atoms with van der Waals surface area (Å²) in [5.41, 5.74) is 7.22. The van der Waals surface area contributed by atoms with Gasteiger partial charge in [0.15, 0.2) is 0 Å². The number of aromatic nitrogens is 4. The molecule has 55 heavy (non-hydrogen) atoms. The minimum atomic E-state index is -1.79. The third-order valence-electron chi connectivity index (χ3n) is 9.89. The van der Waals surface area contributed by atoms with Gasteiger partial charge >= 0.3 is 0 Å². The predicted molar refractivity (Wildman–Crippen MR) is 230 cm³/mol. The van der Waals surface area contributed by atoms with Gasteiger partial charge in [-0.2, -0.15) is 0 Å². The highest BCUT2D eigenvalue weighted by molar-refractivity contribution is 6.10. The maximum Gasteiger partial charge on any atom is 0.149 e. The van der Waals surface area contributed by atoms with Crippen molar-refractivity contribution in [3.8, 4) is 39.5 Å². The number of nitrogens with zero attached hydrogens (tertiary/aromatic N) is 4. The van der Waals surface area contributed by atoms with E-state index in [0.717, 1.165) is 44.5 Å². The van der Waals surface area contributed by atoms with E-state index in [-0.39, 0.29) is 23.1 Å². The largest absolute Gasteiger partial charge is 0.455 e. The summed E-state index contributed by atoms with van der Waals surface area (Å²) in [7, 11) is 0. The Morgan fingerprint density at radius 2 is 1.45 bits per heavy atom. The van der Waals surface area contributed by atoms with Crippen LogP contribution in [0.5, 0.6) is 0 Å². The minimum Gasteiger partial charge on any atom is -0.455 e. The summed E-state index contributed by atoms with van der Waals surface area (Å²) >= 11 is 0. The zero-order chi connectivity index (χ0) is 44.2. The number of para-hydroxylation sites is 3. The molecule has 3 aromatic heterocycles. The first-order valence-electron chi connectivity index (χ1n) is 21.9. The molecular weight excluding hydrogens is 673 g/mol. The minimum absolute atomic E-state index is 0.00805. The highest BCUT2D eigenvalue weighted by atomic mass is 16.3. The quantitative estimate of drug-likeness (QED) is 0.164. The van der Waals surface area contributed by atoms with Gasteiger partial charge in [-0.25, -0.2) is 15.0 Å². The first-order chi connectivity index (χ1) is 28.4. The van der Waals surface area contributed by atoms with Crippen molar-refractivity contribution in [2.75, 3.05) is 0 Å². The van der Waals surface area contributed by atoms with Crippen molar-refractivity contribution in [1.82, 2.24) is 19.5 Å². The van der Waals surface area contributed by atoms with Crippen molar-refractivity contribution in [2.24, 2.45) is 5.41 Å². The van der Waals surface area contributed by atoms with Gasteiger partial charge in [-0.05, 0) is 99.9 Å². The predicted octanol–water partition coefficient (Wildman–Crippen LogP) is 13.8. The third kappa shape index (κ3) is 6.86. The van der Waals surface area contributed by atoms with Crippen LogP contribution in [-0.2, 0) is 11.8 Å². The molecule has 0 saturated heterocycles. The second kappa shape index (κ2) is 13.6. The molecular formula is C50H52N4O. The van der Waals surface area contributed by atoms with Crippen molar-refractivity contribution in [3.05, 3.63) is 132 Å². The maximum absolute atomic E-state index is 9.63. The summed E-state index contributed by atoms with van der Waals surface area (Å²) in [4.78, 5) is 14.7. The number of furan rings is 1. The molecule has 0 aliphatic carbocycles. The molecule has 0 aliphatic heterocycles. The first kappa shape index (κ1) is 29.8. The van der Waals surface area contributed by atoms with Crippen LogP contribution >= 0.6 is 0 Å². The van der Waals surface area contributed by atoms with E-state index in [0.29, 0.717) is 44.9 Å². The van der Waals surface area contributed by atoms with Crippen LogP contribution in [0.4, 0.5) is 0 Å². The molecule has 5 heteroatoms. The molecule has 0 fully saturated rings. The lowest BCUT2D eigenvalue weighted by Crippen LogP contribution is -2.15. The zero-order valence-electron chi connectivity index (χ0n) is 39.4. The van der Waals surface area contributed by atoms with Crippen molar-refractivity contribution >= 4 is 33.0 Å². The van der Waals surface area contributed by atoms with Crippen LogP contribution in [0.15, 0.2) is 114 Å². The fourth-order valence-corrected chi connectivity index (χ4v) is 7.28. The number of rotatable bonds is 7. The fourth-order valence-electron chi connectivity index (χ4n) is 7.28. The Morgan fingerprint density at radius 3 is 2.13 bits per heavy atom. The molecule has 3 heterocycles. The van der Waals surface area contributed by atoms with Crippen LogP contribution in [0.25, 0.3) is 72.4 Å². The average molecular weight is 731 g/mol. The average Bonchev–Trinajstić information content (AvgIpc) is 3.74. The van der Waals surface area contributed by atoms with Crippen LogP contribution in [0.3, 0.4) is 0 Å². The van der Waals surface area contributed by atoms with Gasteiger partial charge in [0.1, 0.15) is 22.8 Å². The molecule has 278 valence electrons. The van der Waals surface area contributed by atoms with Gasteiger partial charge in [-0.15, -0.1) is 0 Å². The lowest BCUT2D eigenvalue weighted by atomic mass is 9.86. The monoisotopic (exact) mass is 730 g/mol. The zero-order valence-corrected chi connectivity index (χ0v) is 33.4. The van der Waals surface area contributed by atoms with Gasteiger partial charge in [0, 0.05) is 33.4 Å². The lowest BCUT2D eigenvalue weighted by Gasteiger charge is -2.24. The van der Waals surface area contributed by atoms with E-state index >= 15 is 0 Å². The topological polar surface area (TPSA) is 56.7 Å². The molecule has 0 amide bonds. The van der Waals surface area contributed by atoms with E-state index in [9.17, 15) is 5.48 Å². The molecule has 5 nitrogen and oxygen atoms in total. The SMILES string of the molecule is [2H]c1cc(C([2H])([2H])C(C)(C)C)cc([2H])c1-c1cc(C([2H])(C)C)c(-n2c(-c3cccc4c3oc3cc(-c5ccnc(C(C)(C)C)n5)ccc34)nc3ccccc32)c(C([2H])(C)C)c1. The Bertz CT molecular complexity index is 2970. The van der Waals surface area contributed by atoms with Gasteiger partial charge in [-0.3, -0.25) is 4.57 Å². The Hall–Kier alpha value is -5.55. The normalized spacial score (nSPS) is 14.8. The van der Waals surface area contributed by atoms with E-state index in [1.54, 1.807) is 54.7 Å². The summed E-state index contributed by atoms with van der Waals surface area (Å²) in [6.07, 6.45) is 0.00249. The summed E-state index contributed by atoms with van der Waals surface area (Å²) in [5, 5.41) is 1.86. The summed E-state index contributed by atoms with van der Waals surface area (Å²) in [6.45, 7) is 18.9. The third-order valence-corrected chi connectivity index (χ3v) is 9.89. The van der Waals surface area contributed by atoms with Gasteiger partial charge < -0.3 is 4.42 Å². The molecule has 0 unspecified atom stereocenters. The van der Waals surface area contributed by atoms with Gasteiger partial charge in [0.25, 0.3) is 0 Å². The van der Waals surface area contributed by atoms with Crippen LogP contribution in [0.1, 0.15) is 112 Å². The standard InChI is InChI=1S/C50H52N4O/c1-30(2)39-26-35(33-20-18-32(19-21-33)29-49(5,6)7)27-40(31(3)4)45(39)54-43-17-12-11-16-42(43)52-47(54)38-15-13-14-37-36-23-22-34(28-44(36)55-46(37)38)41-24-25-51-48(53-41)50(8,9)10/h11-28,30-31H,29H2,1-10H3/i20D,21D,29D2,30D,31D. The molecule has 0 atom stereocenters. The second-order valence-electron chi connectivity index (χ2n) is 17.0. The highest BCUT2D eigenvalue weighted by Crippen LogP contribution is 2.43. The Labute approximate surface area is 333 Å². The van der Waals surface area contributed by atoms with Gasteiger partial charge in [0.2, 0.25) is 0 Å². The van der Waals surface area contributed by atoms with Gasteiger partial charge in [-0.1, -0.05) is 124 Å². The fraction of sp³-hybridized carbons (Fsp3) is 0.300. The van der Waals surface area contributed by atoms with Crippen molar-refractivity contribution < 1.29 is 12.6 Å². The molecule has 5 aromatic carbocycles. The van der Waals surface area contributed by atoms with E-state index < -0.39 is 23.6 Å². The molecule has 0 radical (unpaired) electrons. The van der Waals surface area contributed by atoms with E-state index in [1.165, 1.54) is 12.1 Å². The van der Waals surface area contributed by atoms with Crippen molar-refractivity contribution in [2.45, 2.75) is 92.8 Å². The lowest BCUT2D eigenvalue weighted by molar-refractivity contribution is 0.411. The molecule has 0 saturated carbocycles. The molecule has 0 bridgehead atoms. The van der Waals surface area contributed by atoms with E-state index in [1.807, 2.05) is 71.3 Å². The molecule has 0 aliphatic rings. The van der Waals surface area contributed by atoms with Crippen molar-refractivity contribution in [3.63, 3.8) is 0 Å². The number of hydrogen-bond acceptors (Lipinski definition) is 4. The number of hydrogen-bond donors (Lipinski definition) is 0. The van der Waals surface area contributed by atoms with Gasteiger partial charge in [0.05, 0.1) is 30.7 Å². The van der Waals surface area contributed by atoms with E-state index in [4.69, 9.17) is 17.1 Å². The van der Waals surface area contributed by atoms with Crippen molar-refractivity contribution in [1.29, 1.82) is 0 Å². The van der Waals surface area contributed by atoms with E-state index in [2.05, 4.69) is 37.9 Å². The van der Waals surface area contributed by atoms with Crippen LogP contribution < -0.4 is 0 Å². The highest BCUT2D eigenvalue weighted by Gasteiger charge is 2.26. The van der Waals surface area contributed by atoms with Crippen LogP contribution in [-0.4, -0.2) is 19.5 Å². The smallest absolute Gasteiger partial charge is 0.149 e. The first-order valence-corrected chi connectivity index (χ1v) is 18.9. The Morgan fingerprint density at radius 1 is 0.745 bits per heavy atom. The molecule has 0 N–H and O–H groups in total. The molecule has 0 spiro atoms. The molecule has 8 aromatic rings.